The van der Waals surface area contributed by atoms with Crippen LogP contribution in [0.2, 0.25) is 0 Å². The van der Waals surface area contributed by atoms with Crippen molar-refractivity contribution < 1.29 is 18.1 Å². The summed E-state index contributed by atoms with van der Waals surface area (Å²) in [4.78, 5) is 27.9. The van der Waals surface area contributed by atoms with Gasteiger partial charge in [0.1, 0.15) is 0 Å². The molecule has 0 aliphatic carbocycles. The largest absolute Gasteiger partial charge is 0.361 e. The minimum Gasteiger partial charge on any atom is -0.361 e. The molecule has 1 aromatic heterocycles. The van der Waals surface area contributed by atoms with Crippen LogP contribution in [0.5, 0.6) is 0 Å². The van der Waals surface area contributed by atoms with E-state index in [1.807, 2.05) is 35.4 Å². The van der Waals surface area contributed by atoms with Crippen molar-refractivity contribution in [2.45, 2.75) is 18.2 Å². The third-order valence-electron chi connectivity index (χ3n) is 6.09. The van der Waals surface area contributed by atoms with Crippen molar-refractivity contribution in [2.75, 3.05) is 39.3 Å². The quantitative estimate of drug-likeness (QED) is 0.371. The van der Waals surface area contributed by atoms with E-state index in [9.17, 15) is 23.3 Å². The average molecular weight is 486 g/mol. The molecule has 180 valence electrons. The number of nitro benzene ring substituents is 1. The van der Waals surface area contributed by atoms with E-state index in [-0.39, 0.29) is 36.1 Å². The molecular weight excluding hydrogens is 458 g/mol. The Bertz CT molecular complexity index is 1310. The molecule has 10 nitrogen and oxygen atoms in total. The number of nitro groups is 1. The van der Waals surface area contributed by atoms with E-state index >= 15 is 0 Å². The number of piperazine rings is 1. The zero-order valence-corrected chi connectivity index (χ0v) is 19.7. The monoisotopic (exact) mass is 485 g/mol. The number of sulfonamides is 1. The number of carbonyl (C=O) groups excluding carboxylic acids is 1. The Kier molecular flexibility index (Phi) is 6.96. The van der Waals surface area contributed by atoms with Crippen molar-refractivity contribution in [2.24, 2.45) is 0 Å². The fraction of sp³-hybridized carbons (Fsp3) is 0.348. The molecule has 0 unspecified atom stereocenters. The number of para-hydroxylation sites is 1. The van der Waals surface area contributed by atoms with Crippen LogP contribution < -0.4 is 5.32 Å². The second-order valence-electron chi connectivity index (χ2n) is 8.35. The van der Waals surface area contributed by atoms with Gasteiger partial charge in [0.25, 0.3) is 5.69 Å². The van der Waals surface area contributed by atoms with Crippen molar-refractivity contribution in [3.63, 3.8) is 0 Å². The molecule has 0 spiro atoms. The van der Waals surface area contributed by atoms with Crippen molar-refractivity contribution >= 4 is 32.5 Å². The van der Waals surface area contributed by atoms with Crippen molar-refractivity contribution in [3.05, 3.63) is 69.9 Å². The van der Waals surface area contributed by atoms with Gasteiger partial charge in [-0.25, -0.2) is 8.42 Å². The number of hydrogen-bond acceptors (Lipinski definition) is 6. The molecule has 1 aliphatic rings. The van der Waals surface area contributed by atoms with E-state index in [1.165, 1.54) is 16.4 Å². The Hall–Kier alpha value is -3.28. The number of aryl methyl sites for hydroxylation is 1. The number of hydrogen-bond donors (Lipinski definition) is 2. The molecule has 34 heavy (non-hydrogen) atoms. The fourth-order valence-corrected chi connectivity index (χ4v) is 5.85. The van der Waals surface area contributed by atoms with Gasteiger partial charge >= 0.3 is 0 Å². The number of nitrogens with zero attached hydrogens (tertiary/aromatic N) is 3. The number of carbonyl (C=O) groups is 1. The summed E-state index contributed by atoms with van der Waals surface area (Å²) >= 11 is 0. The molecule has 1 aliphatic heterocycles. The zero-order chi connectivity index (χ0) is 24.3. The number of benzene rings is 2. The van der Waals surface area contributed by atoms with Gasteiger partial charge in [0.2, 0.25) is 15.9 Å². The number of amides is 1. The van der Waals surface area contributed by atoms with Crippen molar-refractivity contribution in [1.29, 1.82) is 0 Å². The predicted octanol–water partition coefficient (Wildman–Crippen LogP) is 2.05. The summed E-state index contributed by atoms with van der Waals surface area (Å²) in [6.45, 7) is 3.57. The van der Waals surface area contributed by atoms with Gasteiger partial charge in [-0.2, -0.15) is 4.31 Å². The highest BCUT2D eigenvalue weighted by Crippen LogP contribution is 2.25. The summed E-state index contributed by atoms with van der Waals surface area (Å²) < 4.78 is 27.4. The molecule has 0 radical (unpaired) electrons. The van der Waals surface area contributed by atoms with Crippen LogP contribution in [0.25, 0.3) is 10.9 Å². The first-order valence-corrected chi connectivity index (χ1v) is 12.5. The van der Waals surface area contributed by atoms with Crippen LogP contribution in [0.15, 0.2) is 53.6 Å². The topological polar surface area (TPSA) is 129 Å². The van der Waals surface area contributed by atoms with Gasteiger partial charge in [-0.1, -0.05) is 24.3 Å². The lowest BCUT2D eigenvalue weighted by molar-refractivity contribution is -0.385. The first-order valence-electron chi connectivity index (χ1n) is 11.0. The van der Waals surface area contributed by atoms with Crippen LogP contribution in [-0.4, -0.2) is 72.7 Å². The number of rotatable bonds is 8. The van der Waals surface area contributed by atoms with Crippen LogP contribution >= 0.6 is 0 Å². The normalized spacial score (nSPS) is 15.4. The Morgan fingerprint density at radius 1 is 1.15 bits per heavy atom. The molecule has 11 heteroatoms. The van der Waals surface area contributed by atoms with Crippen LogP contribution in [0, 0.1) is 17.0 Å². The minimum atomic E-state index is -3.86. The van der Waals surface area contributed by atoms with Gasteiger partial charge in [-0.3, -0.25) is 19.8 Å². The Morgan fingerprint density at radius 3 is 2.62 bits per heavy atom. The summed E-state index contributed by atoms with van der Waals surface area (Å²) in [6.07, 6.45) is 2.67. The molecule has 1 saturated heterocycles. The number of aromatic nitrogens is 1. The lowest BCUT2D eigenvalue weighted by Gasteiger charge is -2.33. The second kappa shape index (κ2) is 9.92. The predicted molar refractivity (Wildman–Crippen MR) is 128 cm³/mol. The van der Waals surface area contributed by atoms with Crippen LogP contribution in [0.1, 0.15) is 11.1 Å². The summed E-state index contributed by atoms with van der Waals surface area (Å²) in [5.74, 6) is -0.106. The average Bonchev–Trinajstić information content (AvgIpc) is 3.22. The van der Waals surface area contributed by atoms with Crippen molar-refractivity contribution in [1.82, 2.24) is 19.5 Å². The molecule has 4 rings (SSSR count). The fourth-order valence-electron chi connectivity index (χ4n) is 4.18. The SMILES string of the molecule is Cc1ccc([N+](=O)[O-])cc1S(=O)(=O)N1CCN(CC(=O)NCCc2c[nH]c3ccccc23)CC1. The van der Waals surface area contributed by atoms with E-state index in [2.05, 4.69) is 10.3 Å². The highest BCUT2D eigenvalue weighted by atomic mass is 32.2. The summed E-state index contributed by atoms with van der Waals surface area (Å²) in [6, 6.07) is 11.9. The molecule has 2 N–H and O–H groups in total. The summed E-state index contributed by atoms with van der Waals surface area (Å²) in [5, 5.41) is 15.1. The van der Waals surface area contributed by atoms with E-state index in [0.717, 1.165) is 22.5 Å². The van der Waals surface area contributed by atoms with E-state index in [1.54, 1.807) is 6.92 Å². The minimum absolute atomic E-state index is 0.0508. The first-order chi connectivity index (χ1) is 16.3. The molecule has 0 saturated carbocycles. The van der Waals surface area contributed by atoms with Gasteiger partial charge in [0, 0.05) is 62.0 Å². The summed E-state index contributed by atoms with van der Waals surface area (Å²) in [7, 11) is -3.86. The Balaban J connectivity index is 1.28. The third-order valence-corrected chi connectivity index (χ3v) is 8.13. The van der Waals surface area contributed by atoms with E-state index < -0.39 is 14.9 Å². The maximum absolute atomic E-state index is 13.1. The first kappa shape index (κ1) is 23.9. The van der Waals surface area contributed by atoms with Gasteiger partial charge in [-0.05, 0) is 30.5 Å². The molecule has 0 bridgehead atoms. The maximum Gasteiger partial charge on any atom is 0.270 e. The van der Waals surface area contributed by atoms with Gasteiger partial charge in [0.15, 0.2) is 0 Å². The van der Waals surface area contributed by atoms with Gasteiger partial charge in [-0.15, -0.1) is 0 Å². The van der Waals surface area contributed by atoms with E-state index in [0.29, 0.717) is 31.6 Å². The summed E-state index contributed by atoms with van der Waals surface area (Å²) in [5.41, 5.74) is 2.41. The molecule has 1 fully saturated rings. The van der Waals surface area contributed by atoms with Crippen molar-refractivity contribution in [3.8, 4) is 0 Å². The van der Waals surface area contributed by atoms with Gasteiger partial charge < -0.3 is 10.3 Å². The molecule has 0 atom stereocenters. The van der Waals surface area contributed by atoms with Crippen LogP contribution in [0.3, 0.4) is 0 Å². The highest BCUT2D eigenvalue weighted by molar-refractivity contribution is 7.89. The van der Waals surface area contributed by atoms with Crippen LogP contribution in [0.4, 0.5) is 5.69 Å². The number of non-ortho nitro benzene ring substituents is 1. The van der Waals surface area contributed by atoms with E-state index in [4.69, 9.17) is 0 Å². The highest BCUT2D eigenvalue weighted by Gasteiger charge is 2.31. The number of H-pyrrole nitrogens is 1. The smallest absolute Gasteiger partial charge is 0.270 e. The molecule has 2 heterocycles. The molecule has 2 aromatic carbocycles. The number of aromatic amines is 1. The lowest BCUT2D eigenvalue weighted by Crippen LogP contribution is -2.51. The standard InChI is InChI=1S/C23H27N5O5S/c1-17-6-7-19(28(30)31)14-22(17)34(32,33)27-12-10-26(11-13-27)16-23(29)24-9-8-18-15-25-21-5-3-2-4-20(18)21/h2-7,14-15,25H,8-13,16H2,1H3,(H,24,29). The lowest BCUT2D eigenvalue weighted by atomic mass is 10.1. The maximum atomic E-state index is 13.1. The van der Waals surface area contributed by atoms with Crippen LogP contribution in [-0.2, 0) is 21.2 Å². The van der Waals surface area contributed by atoms with Gasteiger partial charge in [0.05, 0.1) is 16.4 Å². The Morgan fingerprint density at radius 2 is 1.88 bits per heavy atom. The zero-order valence-electron chi connectivity index (χ0n) is 18.9. The Labute approximate surface area is 197 Å². The molecule has 1 amide bonds. The number of fused-ring (bicyclic) bond motifs is 1. The third kappa shape index (κ3) is 5.11. The molecule has 3 aromatic rings. The molecular formula is C23H27N5O5S. The second-order valence-corrected chi connectivity index (χ2v) is 10.3. The number of nitrogens with one attached hydrogen (secondary N) is 2.